The largest absolute Gasteiger partial charge is 0.586 e. The van der Waals surface area contributed by atoms with Gasteiger partial charge < -0.3 is 26.3 Å². The van der Waals surface area contributed by atoms with Crippen LogP contribution in [0, 0.1) is 0 Å². The van der Waals surface area contributed by atoms with Gasteiger partial charge in [-0.15, -0.1) is 8.78 Å². The van der Waals surface area contributed by atoms with Crippen LogP contribution in [-0.4, -0.2) is 6.29 Å². The number of alkyl halides is 2. The van der Waals surface area contributed by atoms with Crippen molar-refractivity contribution in [2.45, 2.75) is 6.29 Å². The fourth-order valence-corrected chi connectivity index (χ4v) is 1.85. The average molecular weight is 279 g/mol. The Balaban J connectivity index is 1.84. The van der Waals surface area contributed by atoms with Gasteiger partial charge in [0.2, 0.25) is 0 Å². The molecule has 0 amide bonds. The summed E-state index contributed by atoms with van der Waals surface area (Å²) in [7, 11) is 0. The number of hydrogen-bond acceptors (Lipinski definition) is 5. The van der Waals surface area contributed by atoms with E-state index in [0.29, 0.717) is 22.7 Å². The first-order valence-corrected chi connectivity index (χ1v) is 5.75. The van der Waals surface area contributed by atoms with Gasteiger partial charge in [0.15, 0.2) is 11.5 Å². The van der Waals surface area contributed by atoms with E-state index in [1.165, 1.54) is 12.1 Å². The SMILES string of the molecule is Nc1ccc(Nc2ccc3c(c2)OC(F)(F)O3)cc1N. The molecule has 2 aromatic rings. The Bertz CT molecular complexity index is 677. The van der Waals surface area contributed by atoms with Crippen molar-refractivity contribution < 1.29 is 18.3 Å². The van der Waals surface area contributed by atoms with Crippen molar-refractivity contribution in [1.82, 2.24) is 0 Å². The van der Waals surface area contributed by atoms with Crippen LogP contribution in [0.5, 0.6) is 11.5 Å². The molecule has 5 nitrogen and oxygen atoms in total. The molecule has 0 radical (unpaired) electrons. The number of ether oxygens (including phenoxy) is 2. The molecule has 1 aliphatic heterocycles. The second kappa shape index (κ2) is 4.16. The predicted molar refractivity (Wildman–Crippen MR) is 71.2 cm³/mol. The van der Waals surface area contributed by atoms with Crippen molar-refractivity contribution in [2.75, 3.05) is 16.8 Å². The molecule has 0 aromatic heterocycles. The highest BCUT2D eigenvalue weighted by atomic mass is 19.3. The van der Waals surface area contributed by atoms with Gasteiger partial charge in [-0.3, -0.25) is 0 Å². The van der Waals surface area contributed by atoms with Crippen LogP contribution in [0.3, 0.4) is 0 Å². The van der Waals surface area contributed by atoms with Gasteiger partial charge in [0.05, 0.1) is 11.4 Å². The first-order valence-electron chi connectivity index (χ1n) is 5.75. The maximum Gasteiger partial charge on any atom is 0.586 e. The number of hydrogen-bond donors (Lipinski definition) is 3. The lowest BCUT2D eigenvalue weighted by atomic mass is 10.2. The number of fused-ring (bicyclic) bond motifs is 1. The molecule has 0 aliphatic carbocycles. The zero-order chi connectivity index (χ0) is 14.3. The molecule has 0 unspecified atom stereocenters. The Morgan fingerprint density at radius 2 is 1.50 bits per heavy atom. The van der Waals surface area contributed by atoms with Crippen molar-refractivity contribution in [3.63, 3.8) is 0 Å². The number of nitrogens with two attached hydrogens (primary N) is 2. The van der Waals surface area contributed by atoms with E-state index in [0.717, 1.165) is 0 Å². The minimum Gasteiger partial charge on any atom is -0.397 e. The molecule has 0 fully saturated rings. The molecular formula is C13H11F2N3O2. The predicted octanol–water partition coefficient (Wildman–Crippen LogP) is 2.92. The number of nitrogen functional groups attached to an aromatic ring is 2. The summed E-state index contributed by atoms with van der Waals surface area (Å²) in [5, 5.41) is 3.01. The summed E-state index contributed by atoms with van der Waals surface area (Å²) in [6.07, 6.45) is -3.62. The third-order valence-corrected chi connectivity index (χ3v) is 2.78. The number of rotatable bonds is 2. The molecule has 7 heteroatoms. The van der Waals surface area contributed by atoms with Gasteiger partial charge in [0.1, 0.15) is 0 Å². The second-order valence-corrected chi connectivity index (χ2v) is 4.30. The zero-order valence-electron chi connectivity index (χ0n) is 10.2. The number of anilines is 4. The second-order valence-electron chi connectivity index (χ2n) is 4.30. The normalized spacial score (nSPS) is 15.1. The molecule has 0 spiro atoms. The topological polar surface area (TPSA) is 82.5 Å². The van der Waals surface area contributed by atoms with Gasteiger partial charge in [0, 0.05) is 17.4 Å². The lowest BCUT2D eigenvalue weighted by Crippen LogP contribution is -2.25. The van der Waals surface area contributed by atoms with Crippen LogP contribution in [-0.2, 0) is 0 Å². The summed E-state index contributed by atoms with van der Waals surface area (Å²) in [5.41, 5.74) is 13.5. The molecule has 3 rings (SSSR count). The van der Waals surface area contributed by atoms with Crippen LogP contribution in [0.15, 0.2) is 36.4 Å². The van der Waals surface area contributed by atoms with Gasteiger partial charge in [-0.1, -0.05) is 0 Å². The maximum atomic E-state index is 12.9. The summed E-state index contributed by atoms with van der Waals surface area (Å²) >= 11 is 0. The summed E-state index contributed by atoms with van der Waals surface area (Å²) in [4.78, 5) is 0. The highest BCUT2D eigenvalue weighted by molar-refractivity contribution is 5.73. The molecule has 0 bridgehead atoms. The van der Waals surface area contributed by atoms with Crippen molar-refractivity contribution in [1.29, 1.82) is 0 Å². The summed E-state index contributed by atoms with van der Waals surface area (Å²) in [6, 6.07) is 9.44. The zero-order valence-corrected chi connectivity index (χ0v) is 10.2. The smallest absolute Gasteiger partial charge is 0.397 e. The monoisotopic (exact) mass is 279 g/mol. The average Bonchev–Trinajstić information content (AvgIpc) is 2.67. The van der Waals surface area contributed by atoms with Crippen LogP contribution >= 0.6 is 0 Å². The Labute approximate surface area is 113 Å². The fraction of sp³-hybridized carbons (Fsp3) is 0.0769. The molecular weight excluding hydrogens is 268 g/mol. The van der Waals surface area contributed by atoms with Crippen molar-refractivity contribution in [3.8, 4) is 11.5 Å². The summed E-state index contributed by atoms with van der Waals surface area (Å²) in [5.74, 6) is -0.0270. The Kier molecular flexibility index (Phi) is 2.56. The van der Waals surface area contributed by atoms with Crippen molar-refractivity contribution in [2.24, 2.45) is 0 Å². The highest BCUT2D eigenvalue weighted by Crippen LogP contribution is 2.42. The van der Waals surface area contributed by atoms with Gasteiger partial charge >= 0.3 is 6.29 Å². The number of benzene rings is 2. The molecule has 1 aliphatic rings. The minimum absolute atomic E-state index is 0.00244. The van der Waals surface area contributed by atoms with E-state index in [4.69, 9.17) is 11.5 Å². The minimum atomic E-state index is -3.62. The lowest BCUT2D eigenvalue weighted by molar-refractivity contribution is -0.286. The van der Waals surface area contributed by atoms with Crippen LogP contribution in [0.4, 0.5) is 31.5 Å². The number of halogens is 2. The van der Waals surface area contributed by atoms with Crippen molar-refractivity contribution in [3.05, 3.63) is 36.4 Å². The Hall–Kier alpha value is -2.70. The highest BCUT2D eigenvalue weighted by Gasteiger charge is 2.43. The van der Waals surface area contributed by atoms with Gasteiger partial charge in [-0.25, -0.2) is 0 Å². The molecule has 0 atom stereocenters. The van der Waals surface area contributed by atoms with E-state index >= 15 is 0 Å². The summed E-state index contributed by atoms with van der Waals surface area (Å²) in [6.45, 7) is 0. The van der Waals surface area contributed by atoms with Crippen molar-refractivity contribution >= 4 is 22.7 Å². The van der Waals surface area contributed by atoms with E-state index in [1.807, 2.05) is 0 Å². The quantitative estimate of drug-likeness (QED) is 0.736. The maximum absolute atomic E-state index is 12.9. The lowest BCUT2D eigenvalue weighted by Gasteiger charge is -2.09. The van der Waals surface area contributed by atoms with E-state index in [-0.39, 0.29) is 11.5 Å². The standard InChI is InChI=1S/C13H11F2N3O2/c14-13(15)19-11-4-2-8(6-12(11)20-13)18-7-1-3-9(16)10(17)5-7/h1-6,18H,16-17H2. The molecule has 1 heterocycles. The molecule has 0 saturated heterocycles. The fourth-order valence-electron chi connectivity index (χ4n) is 1.85. The Morgan fingerprint density at radius 1 is 0.850 bits per heavy atom. The van der Waals surface area contributed by atoms with Crippen LogP contribution in [0.25, 0.3) is 0 Å². The molecule has 20 heavy (non-hydrogen) atoms. The van der Waals surface area contributed by atoms with E-state index in [1.54, 1.807) is 24.3 Å². The van der Waals surface area contributed by atoms with Crippen LogP contribution in [0.2, 0.25) is 0 Å². The van der Waals surface area contributed by atoms with Crippen LogP contribution in [0.1, 0.15) is 0 Å². The van der Waals surface area contributed by atoms with E-state index in [9.17, 15) is 8.78 Å². The first kappa shape index (κ1) is 12.3. The molecule has 104 valence electrons. The summed E-state index contributed by atoms with van der Waals surface area (Å²) < 4.78 is 34.5. The first-order chi connectivity index (χ1) is 9.43. The van der Waals surface area contributed by atoms with E-state index < -0.39 is 6.29 Å². The molecule has 2 aromatic carbocycles. The van der Waals surface area contributed by atoms with Crippen LogP contribution < -0.4 is 26.3 Å². The van der Waals surface area contributed by atoms with E-state index in [2.05, 4.69) is 14.8 Å². The van der Waals surface area contributed by atoms with Gasteiger partial charge in [0.25, 0.3) is 0 Å². The van der Waals surface area contributed by atoms with Gasteiger partial charge in [-0.2, -0.15) is 0 Å². The van der Waals surface area contributed by atoms with Gasteiger partial charge in [-0.05, 0) is 30.3 Å². The third kappa shape index (κ3) is 2.25. The molecule has 0 saturated carbocycles. The Morgan fingerprint density at radius 3 is 2.25 bits per heavy atom. The number of nitrogens with one attached hydrogen (secondary N) is 1. The third-order valence-electron chi connectivity index (χ3n) is 2.78. The molecule has 5 N–H and O–H groups in total.